The number of thiophene rings is 1. The van der Waals surface area contributed by atoms with Gasteiger partial charge in [0.2, 0.25) is 0 Å². The molecule has 0 radical (unpaired) electrons. The number of hydrogen-bond acceptors (Lipinski definition) is 1. The highest BCUT2D eigenvalue weighted by Gasteiger charge is 2.20. The van der Waals surface area contributed by atoms with E-state index in [1.54, 1.807) is 0 Å². The van der Waals surface area contributed by atoms with Gasteiger partial charge in [-0.2, -0.15) is 0 Å². The summed E-state index contributed by atoms with van der Waals surface area (Å²) in [4.78, 5) is 0. The first kappa shape index (κ1) is 28.4. The molecule has 0 N–H and O–H groups in total. The highest BCUT2D eigenvalue weighted by Crippen LogP contribution is 2.45. The third-order valence-corrected chi connectivity index (χ3v) is 11.7. The van der Waals surface area contributed by atoms with Crippen molar-refractivity contribution in [3.05, 3.63) is 182 Å². The molecule has 0 spiro atoms. The molecule has 8 aromatic carbocycles. The van der Waals surface area contributed by atoms with E-state index >= 15 is 0 Å². The Morgan fingerprint density at radius 2 is 0.882 bits per heavy atom. The molecule has 0 unspecified atom stereocenters. The van der Waals surface area contributed by atoms with Gasteiger partial charge >= 0.3 is 0 Å². The van der Waals surface area contributed by atoms with Gasteiger partial charge in [0, 0.05) is 47.4 Å². The summed E-state index contributed by atoms with van der Waals surface area (Å²) in [5.41, 5.74) is 12.2. The van der Waals surface area contributed by atoms with Crippen molar-refractivity contribution in [2.75, 3.05) is 0 Å². The molecule has 0 atom stereocenters. The highest BCUT2D eigenvalue weighted by atomic mass is 32.1. The van der Waals surface area contributed by atoms with Gasteiger partial charge in [0.15, 0.2) is 0 Å². The van der Waals surface area contributed by atoms with Gasteiger partial charge in [-0.05, 0) is 82.9 Å². The van der Waals surface area contributed by atoms with E-state index in [0.717, 1.165) is 0 Å². The third-order valence-electron chi connectivity index (χ3n) is 10.5. The molecule has 3 heterocycles. The lowest BCUT2D eigenvalue weighted by molar-refractivity contribution is 1.18. The van der Waals surface area contributed by atoms with Crippen LogP contribution in [0.2, 0.25) is 0 Å². The maximum atomic E-state index is 2.49. The van der Waals surface area contributed by atoms with Crippen LogP contribution in [0, 0.1) is 0 Å². The van der Waals surface area contributed by atoms with Crippen molar-refractivity contribution in [1.82, 2.24) is 9.13 Å². The number of para-hydroxylation sites is 3. The minimum Gasteiger partial charge on any atom is -0.309 e. The van der Waals surface area contributed by atoms with Crippen LogP contribution in [0.5, 0.6) is 0 Å². The van der Waals surface area contributed by atoms with Crippen molar-refractivity contribution in [3.8, 4) is 33.6 Å². The number of fused-ring (bicyclic) bond motifs is 9. The van der Waals surface area contributed by atoms with Gasteiger partial charge in [-0.15, -0.1) is 11.3 Å². The van der Waals surface area contributed by atoms with Gasteiger partial charge in [0.25, 0.3) is 0 Å². The minimum atomic E-state index is 1.18. The Labute approximate surface area is 298 Å². The van der Waals surface area contributed by atoms with Gasteiger partial charge in [-0.3, -0.25) is 0 Å². The van der Waals surface area contributed by atoms with E-state index in [9.17, 15) is 0 Å². The lowest BCUT2D eigenvalue weighted by Crippen LogP contribution is -1.95. The molecule has 0 aliphatic carbocycles. The van der Waals surface area contributed by atoms with Gasteiger partial charge in [-0.1, -0.05) is 121 Å². The van der Waals surface area contributed by atoms with Crippen LogP contribution in [0.1, 0.15) is 0 Å². The Morgan fingerprint density at radius 3 is 1.57 bits per heavy atom. The molecule has 0 saturated carbocycles. The largest absolute Gasteiger partial charge is 0.309 e. The summed E-state index contributed by atoms with van der Waals surface area (Å²) in [6, 6.07) is 66.6. The van der Waals surface area contributed by atoms with E-state index in [1.807, 2.05) is 11.3 Å². The molecule has 3 aromatic heterocycles. The molecule has 238 valence electrons. The molecule has 51 heavy (non-hydrogen) atoms. The second kappa shape index (κ2) is 11.0. The highest BCUT2D eigenvalue weighted by molar-refractivity contribution is 7.26. The van der Waals surface area contributed by atoms with E-state index in [-0.39, 0.29) is 0 Å². The van der Waals surface area contributed by atoms with Crippen LogP contribution in [0.4, 0.5) is 0 Å². The van der Waals surface area contributed by atoms with E-state index in [1.165, 1.54) is 97.4 Å². The molecular formula is C48H30N2S. The molecule has 0 amide bonds. The van der Waals surface area contributed by atoms with E-state index < -0.39 is 0 Å². The minimum absolute atomic E-state index is 1.18. The van der Waals surface area contributed by atoms with E-state index in [4.69, 9.17) is 0 Å². The van der Waals surface area contributed by atoms with Gasteiger partial charge in [-0.25, -0.2) is 0 Å². The number of benzene rings is 8. The van der Waals surface area contributed by atoms with Crippen LogP contribution in [0.15, 0.2) is 182 Å². The number of aromatic nitrogens is 2. The molecule has 0 bridgehead atoms. The summed E-state index contributed by atoms with van der Waals surface area (Å²) >= 11 is 1.89. The Hall–Kier alpha value is -6.42. The van der Waals surface area contributed by atoms with Crippen molar-refractivity contribution in [3.63, 3.8) is 0 Å². The third kappa shape index (κ3) is 4.22. The second-order valence-electron chi connectivity index (χ2n) is 13.3. The average Bonchev–Trinajstić information content (AvgIpc) is 3.86. The molecular weight excluding hydrogens is 637 g/mol. The van der Waals surface area contributed by atoms with Crippen molar-refractivity contribution in [1.29, 1.82) is 0 Å². The predicted octanol–water partition coefficient (Wildman–Crippen LogP) is 13.6. The first-order valence-corrected chi connectivity index (χ1v) is 18.3. The zero-order valence-electron chi connectivity index (χ0n) is 27.6. The van der Waals surface area contributed by atoms with Crippen LogP contribution in [0.25, 0.3) is 97.4 Å². The molecule has 3 heteroatoms. The Bertz CT molecular complexity index is 3130. The fourth-order valence-corrected chi connectivity index (χ4v) is 9.52. The topological polar surface area (TPSA) is 9.86 Å². The van der Waals surface area contributed by atoms with Crippen molar-refractivity contribution >= 4 is 75.1 Å². The lowest BCUT2D eigenvalue weighted by Gasteiger charge is -2.13. The Kier molecular flexibility index (Phi) is 6.16. The number of nitrogens with zero attached hydrogens (tertiary/aromatic N) is 2. The van der Waals surface area contributed by atoms with Crippen LogP contribution >= 0.6 is 11.3 Å². The zero-order valence-corrected chi connectivity index (χ0v) is 28.4. The molecule has 0 aliphatic heterocycles. The Morgan fingerprint density at radius 1 is 0.353 bits per heavy atom. The smallest absolute Gasteiger partial charge is 0.0555 e. The quantitative estimate of drug-likeness (QED) is 0.177. The summed E-state index contributed by atoms with van der Waals surface area (Å²) in [5, 5.41) is 7.66. The van der Waals surface area contributed by atoms with Crippen molar-refractivity contribution in [2.45, 2.75) is 0 Å². The van der Waals surface area contributed by atoms with Crippen LogP contribution in [-0.2, 0) is 0 Å². The van der Waals surface area contributed by atoms with Gasteiger partial charge < -0.3 is 9.13 Å². The molecule has 11 aromatic rings. The van der Waals surface area contributed by atoms with Crippen LogP contribution < -0.4 is 0 Å². The van der Waals surface area contributed by atoms with Crippen LogP contribution in [-0.4, -0.2) is 9.13 Å². The molecule has 0 fully saturated rings. The van der Waals surface area contributed by atoms with Gasteiger partial charge in [0.1, 0.15) is 0 Å². The van der Waals surface area contributed by atoms with E-state index in [0.29, 0.717) is 0 Å². The SMILES string of the molecule is c1ccc(-c2ccc(-n3c4ccccc4c4cc(-c5ccc6c(c5)c5ccccc5n6-c5ccccc5)ccc43)c3c2sc2ccccc23)cc1. The number of rotatable bonds is 4. The first-order valence-electron chi connectivity index (χ1n) is 17.4. The fourth-order valence-electron chi connectivity index (χ4n) is 8.26. The summed E-state index contributed by atoms with van der Waals surface area (Å²) in [6.45, 7) is 0. The average molecular weight is 667 g/mol. The molecule has 0 saturated heterocycles. The van der Waals surface area contributed by atoms with Gasteiger partial charge in [0.05, 0.1) is 27.8 Å². The van der Waals surface area contributed by atoms with E-state index in [2.05, 4.69) is 191 Å². The summed E-state index contributed by atoms with van der Waals surface area (Å²) < 4.78 is 7.50. The zero-order chi connectivity index (χ0) is 33.5. The molecule has 11 rings (SSSR count). The molecule has 0 aliphatic rings. The molecule has 2 nitrogen and oxygen atoms in total. The standard InChI is InChI=1S/C48H30N2S/c1-3-13-31(14-4-1)35-25-28-45(47-38-19-9-12-22-46(38)51-48(35)47)50-42-21-11-8-18-37(42)40-30-33(24-27-44(40)50)32-23-26-43-39(29-32)36-17-7-10-20-41(36)49(43)34-15-5-2-6-16-34/h1-30H. The summed E-state index contributed by atoms with van der Waals surface area (Å²) in [5.74, 6) is 0. The first-order chi connectivity index (χ1) is 25.3. The second-order valence-corrected chi connectivity index (χ2v) is 14.4. The maximum absolute atomic E-state index is 2.49. The fraction of sp³-hybridized carbons (Fsp3) is 0. The summed E-state index contributed by atoms with van der Waals surface area (Å²) in [7, 11) is 0. The normalized spacial score (nSPS) is 11.9. The maximum Gasteiger partial charge on any atom is 0.0555 e. The van der Waals surface area contributed by atoms with Crippen LogP contribution in [0.3, 0.4) is 0 Å². The monoisotopic (exact) mass is 666 g/mol. The Balaban J connectivity index is 1.14. The van der Waals surface area contributed by atoms with Crippen molar-refractivity contribution in [2.24, 2.45) is 0 Å². The summed E-state index contributed by atoms with van der Waals surface area (Å²) in [6.07, 6.45) is 0. The predicted molar refractivity (Wildman–Crippen MR) is 219 cm³/mol. The van der Waals surface area contributed by atoms with Crippen molar-refractivity contribution < 1.29 is 0 Å². The lowest BCUT2D eigenvalue weighted by atomic mass is 10.0. The number of hydrogen-bond donors (Lipinski definition) is 0.